The molecular weight excluding hydrogens is 350 g/mol. The van der Waals surface area contributed by atoms with Gasteiger partial charge in [0.25, 0.3) is 5.91 Å². The summed E-state index contributed by atoms with van der Waals surface area (Å²) in [5.41, 5.74) is 5.51. The molecule has 0 bridgehead atoms. The van der Waals surface area contributed by atoms with Gasteiger partial charge in [-0.3, -0.25) is 9.78 Å². The zero-order valence-electron chi connectivity index (χ0n) is 16.3. The molecule has 3 aromatic rings. The molecule has 5 nitrogen and oxygen atoms in total. The van der Waals surface area contributed by atoms with Gasteiger partial charge in [0.1, 0.15) is 5.75 Å². The summed E-state index contributed by atoms with van der Waals surface area (Å²) in [5.74, 6) is 0.674. The molecule has 4 rings (SSSR count). The number of aryl methyl sites for hydroxylation is 2. The summed E-state index contributed by atoms with van der Waals surface area (Å²) in [5, 5.41) is 3.00. The molecule has 1 unspecified atom stereocenters. The molecule has 0 spiro atoms. The van der Waals surface area contributed by atoms with Gasteiger partial charge in [0, 0.05) is 29.3 Å². The van der Waals surface area contributed by atoms with Gasteiger partial charge in [-0.2, -0.15) is 0 Å². The van der Waals surface area contributed by atoms with Crippen molar-refractivity contribution in [3.05, 3.63) is 65.6 Å². The molecule has 144 valence electrons. The second kappa shape index (κ2) is 7.89. The number of carbonyl (C=O) groups is 1. The van der Waals surface area contributed by atoms with E-state index in [1.807, 2.05) is 37.3 Å². The number of hydrogen-bond acceptors (Lipinski definition) is 3. The fourth-order valence-corrected chi connectivity index (χ4v) is 3.56. The number of nitrogens with one attached hydrogen (secondary N) is 2. The first-order valence-corrected chi connectivity index (χ1v) is 9.88. The molecule has 2 aromatic heterocycles. The maximum absolute atomic E-state index is 13.0. The molecule has 2 N–H and O–H groups in total. The van der Waals surface area contributed by atoms with Crippen molar-refractivity contribution in [1.82, 2.24) is 9.97 Å². The number of pyridine rings is 1. The van der Waals surface area contributed by atoms with Crippen molar-refractivity contribution in [2.45, 2.75) is 45.6 Å². The number of rotatable bonds is 5. The van der Waals surface area contributed by atoms with Crippen LogP contribution in [0.1, 0.15) is 48.3 Å². The number of carbonyl (C=O) groups excluding carboxylic acids is 1. The molecule has 0 saturated carbocycles. The molecule has 1 aromatic carbocycles. The van der Waals surface area contributed by atoms with Crippen LogP contribution >= 0.6 is 0 Å². The van der Waals surface area contributed by atoms with Gasteiger partial charge in [-0.25, -0.2) is 0 Å². The Kier molecular flexibility index (Phi) is 5.15. The largest absolute Gasteiger partial charge is 0.491 e. The van der Waals surface area contributed by atoms with E-state index in [9.17, 15) is 4.79 Å². The summed E-state index contributed by atoms with van der Waals surface area (Å²) in [7, 11) is 0. The lowest BCUT2D eigenvalue weighted by atomic mass is 10.0. The summed E-state index contributed by atoms with van der Waals surface area (Å²) >= 11 is 0. The third-order valence-corrected chi connectivity index (χ3v) is 5.23. The van der Waals surface area contributed by atoms with Gasteiger partial charge in [0.15, 0.2) is 0 Å². The predicted molar refractivity (Wildman–Crippen MR) is 111 cm³/mol. The molecule has 0 fully saturated rings. The molecule has 1 amide bonds. The van der Waals surface area contributed by atoms with Crippen LogP contribution in [0, 0.1) is 0 Å². The van der Waals surface area contributed by atoms with Crippen LogP contribution in [0.4, 0.5) is 5.69 Å². The molecule has 1 aliphatic rings. The van der Waals surface area contributed by atoms with E-state index in [0.29, 0.717) is 5.56 Å². The summed E-state index contributed by atoms with van der Waals surface area (Å²) in [4.78, 5) is 20.9. The molecule has 1 aliphatic carbocycles. The number of nitrogens with zero attached hydrogens (tertiary/aromatic N) is 1. The molecule has 0 aliphatic heterocycles. The van der Waals surface area contributed by atoms with Crippen LogP contribution in [0.3, 0.4) is 0 Å². The number of H-pyrrole nitrogens is 1. The van der Waals surface area contributed by atoms with Crippen molar-refractivity contribution in [1.29, 1.82) is 0 Å². The van der Waals surface area contributed by atoms with Gasteiger partial charge in [0.2, 0.25) is 0 Å². The van der Waals surface area contributed by atoms with Crippen molar-refractivity contribution in [3.63, 3.8) is 0 Å². The highest BCUT2D eigenvalue weighted by atomic mass is 16.5. The Balaban J connectivity index is 1.57. The normalized spacial score (nSPS) is 13.8. The Morgan fingerprint density at radius 3 is 2.86 bits per heavy atom. The van der Waals surface area contributed by atoms with Gasteiger partial charge < -0.3 is 15.0 Å². The third kappa shape index (κ3) is 3.65. The number of aromatic nitrogens is 2. The Hall–Kier alpha value is -3.08. The first-order chi connectivity index (χ1) is 13.7. The number of aromatic amines is 1. The highest BCUT2D eigenvalue weighted by Crippen LogP contribution is 2.33. The Bertz CT molecular complexity index is 976. The summed E-state index contributed by atoms with van der Waals surface area (Å²) in [6, 6.07) is 11.6. The Labute approximate surface area is 165 Å². The second-order valence-electron chi connectivity index (χ2n) is 7.24. The average Bonchev–Trinajstić information content (AvgIpc) is 3.05. The number of amides is 1. The molecule has 2 heterocycles. The SMILES string of the molecule is CCC(C)Oc1ccc(NC(=O)c2c[nH]c3c2-c2ncccc2CCC3)cc1. The fourth-order valence-electron chi connectivity index (χ4n) is 3.56. The van der Waals surface area contributed by atoms with E-state index in [1.54, 1.807) is 12.4 Å². The van der Waals surface area contributed by atoms with Crippen molar-refractivity contribution < 1.29 is 9.53 Å². The van der Waals surface area contributed by atoms with Gasteiger partial charge in [0.05, 0.1) is 17.4 Å². The third-order valence-electron chi connectivity index (χ3n) is 5.23. The van der Waals surface area contributed by atoms with E-state index in [1.165, 1.54) is 5.56 Å². The lowest BCUT2D eigenvalue weighted by Crippen LogP contribution is -2.13. The van der Waals surface area contributed by atoms with Crippen LogP contribution in [0.2, 0.25) is 0 Å². The number of anilines is 1. The lowest BCUT2D eigenvalue weighted by Gasteiger charge is -2.13. The summed E-state index contributed by atoms with van der Waals surface area (Å²) in [6.45, 7) is 4.13. The van der Waals surface area contributed by atoms with E-state index in [-0.39, 0.29) is 12.0 Å². The minimum atomic E-state index is -0.133. The van der Waals surface area contributed by atoms with Crippen LogP contribution in [-0.2, 0) is 12.8 Å². The summed E-state index contributed by atoms with van der Waals surface area (Å²) in [6.07, 6.45) is 7.65. The van der Waals surface area contributed by atoms with Crippen molar-refractivity contribution in [2.75, 3.05) is 5.32 Å². The molecular formula is C23H25N3O2. The smallest absolute Gasteiger partial charge is 0.257 e. The minimum absolute atomic E-state index is 0.133. The first kappa shape index (κ1) is 18.3. The quantitative estimate of drug-likeness (QED) is 0.660. The highest BCUT2D eigenvalue weighted by molar-refractivity contribution is 6.09. The first-order valence-electron chi connectivity index (χ1n) is 9.88. The maximum Gasteiger partial charge on any atom is 0.257 e. The standard InChI is InChI=1S/C23H25N3O2/c1-3-15(2)28-18-11-9-17(10-12-18)26-23(27)19-14-25-20-8-4-6-16-7-5-13-24-22(16)21(19)20/h5,7,9-15,25H,3-4,6,8H2,1-2H3,(H,26,27). The predicted octanol–water partition coefficient (Wildman–Crippen LogP) is 5.00. The zero-order chi connectivity index (χ0) is 19.5. The van der Waals surface area contributed by atoms with E-state index in [4.69, 9.17) is 4.74 Å². The molecule has 5 heteroatoms. The van der Waals surface area contributed by atoms with Crippen molar-refractivity contribution >= 4 is 11.6 Å². The monoisotopic (exact) mass is 375 g/mol. The summed E-state index contributed by atoms with van der Waals surface area (Å²) < 4.78 is 5.80. The average molecular weight is 375 g/mol. The number of ether oxygens (including phenoxy) is 1. The fraction of sp³-hybridized carbons (Fsp3) is 0.304. The molecule has 0 saturated heterocycles. The van der Waals surface area contributed by atoms with Crippen LogP contribution in [0.25, 0.3) is 11.3 Å². The molecule has 0 radical (unpaired) electrons. The van der Waals surface area contributed by atoms with Crippen LogP contribution < -0.4 is 10.1 Å². The topological polar surface area (TPSA) is 67.0 Å². The van der Waals surface area contributed by atoms with E-state index >= 15 is 0 Å². The molecule has 1 atom stereocenters. The molecule has 28 heavy (non-hydrogen) atoms. The van der Waals surface area contributed by atoms with Crippen LogP contribution in [0.15, 0.2) is 48.8 Å². The van der Waals surface area contributed by atoms with E-state index < -0.39 is 0 Å². The number of hydrogen-bond donors (Lipinski definition) is 2. The minimum Gasteiger partial charge on any atom is -0.491 e. The van der Waals surface area contributed by atoms with Gasteiger partial charge in [-0.15, -0.1) is 0 Å². The van der Waals surface area contributed by atoms with E-state index in [0.717, 1.165) is 54.1 Å². The zero-order valence-corrected chi connectivity index (χ0v) is 16.3. The van der Waals surface area contributed by atoms with Crippen molar-refractivity contribution in [3.8, 4) is 17.0 Å². The van der Waals surface area contributed by atoms with Gasteiger partial charge >= 0.3 is 0 Å². The lowest BCUT2D eigenvalue weighted by molar-refractivity contribution is 0.102. The van der Waals surface area contributed by atoms with Crippen LogP contribution in [0.5, 0.6) is 5.75 Å². The number of benzene rings is 1. The Morgan fingerprint density at radius 1 is 1.25 bits per heavy atom. The highest BCUT2D eigenvalue weighted by Gasteiger charge is 2.24. The van der Waals surface area contributed by atoms with Gasteiger partial charge in [-0.05, 0) is 68.5 Å². The second-order valence-corrected chi connectivity index (χ2v) is 7.24. The Morgan fingerprint density at radius 2 is 2.07 bits per heavy atom. The maximum atomic E-state index is 13.0. The van der Waals surface area contributed by atoms with Crippen LogP contribution in [-0.4, -0.2) is 22.0 Å². The van der Waals surface area contributed by atoms with Crippen molar-refractivity contribution in [2.24, 2.45) is 0 Å². The number of fused-ring (bicyclic) bond motifs is 3. The van der Waals surface area contributed by atoms with Gasteiger partial charge in [-0.1, -0.05) is 13.0 Å². The van der Waals surface area contributed by atoms with E-state index in [2.05, 4.69) is 28.3 Å².